The Hall–Kier alpha value is -5.62. The average molecular weight is 513 g/mol. The summed E-state index contributed by atoms with van der Waals surface area (Å²) in [5, 5.41) is 5.52. The molecule has 0 aliphatic carbocycles. The predicted molar refractivity (Wildman–Crippen MR) is 161 cm³/mol. The van der Waals surface area contributed by atoms with E-state index < -0.39 is 0 Å². The first kappa shape index (κ1) is 21.3. The van der Waals surface area contributed by atoms with Crippen molar-refractivity contribution in [2.75, 3.05) is 0 Å². The van der Waals surface area contributed by atoms with E-state index in [4.69, 9.17) is 15.0 Å². The van der Waals surface area contributed by atoms with E-state index in [1.54, 1.807) is 12.4 Å². The molecule has 5 aromatic carbocycles. The van der Waals surface area contributed by atoms with Crippen LogP contribution in [0.4, 0.5) is 0 Å². The molecule has 0 fully saturated rings. The van der Waals surface area contributed by atoms with Crippen LogP contribution >= 0.6 is 0 Å². The summed E-state index contributed by atoms with van der Waals surface area (Å²) in [5.74, 6) is 0.645. The molecule has 0 radical (unpaired) electrons. The van der Waals surface area contributed by atoms with Gasteiger partial charge >= 0.3 is 0 Å². The predicted octanol–water partition coefficient (Wildman–Crippen LogP) is 7.77. The highest BCUT2D eigenvalue weighted by Crippen LogP contribution is 2.42. The minimum Gasteiger partial charge on any atom is -0.307 e. The maximum atomic E-state index is 5.05. The molecule has 0 spiro atoms. The van der Waals surface area contributed by atoms with Gasteiger partial charge in [-0.25, -0.2) is 9.97 Å². The molecule has 40 heavy (non-hydrogen) atoms. The van der Waals surface area contributed by atoms with Gasteiger partial charge in [-0.3, -0.25) is 14.5 Å². The van der Waals surface area contributed by atoms with Gasteiger partial charge in [0, 0.05) is 51.2 Å². The third kappa shape index (κ3) is 2.82. The molecule has 0 amide bonds. The summed E-state index contributed by atoms with van der Waals surface area (Å²) in [5.41, 5.74) is 8.05. The number of hydrogen-bond donors (Lipinski definition) is 0. The molecular weight excluding hydrogens is 492 g/mol. The molecule has 0 unspecified atom stereocenters. The molecule has 0 bridgehead atoms. The van der Waals surface area contributed by atoms with E-state index >= 15 is 0 Å². The molecule has 9 rings (SSSR count). The monoisotopic (exact) mass is 512 g/mol. The number of para-hydroxylation sites is 3. The summed E-state index contributed by atoms with van der Waals surface area (Å²) < 4.78 is 4.56. The van der Waals surface area contributed by atoms with E-state index in [1.165, 1.54) is 0 Å². The van der Waals surface area contributed by atoms with Crippen LogP contribution in [-0.2, 0) is 0 Å². The molecule has 0 aliphatic rings. The van der Waals surface area contributed by atoms with E-state index in [2.05, 4.69) is 86.9 Å². The van der Waals surface area contributed by atoms with Gasteiger partial charge in [-0.1, -0.05) is 66.7 Å². The van der Waals surface area contributed by atoms with Gasteiger partial charge in [0.2, 0.25) is 5.95 Å². The van der Waals surface area contributed by atoms with E-state index in [0.29, 0.717) is 5.95 Å². The fourth-order valence-corrected chi connectivity index (χ4v) is 6.19. The number of hydrogen-bond acceptors (Lipinski definition) is 4. The lowest BCUT2D eigenvalue weighted by Crippen LogP contribution is -2.02. The second kappa shape index (κ2) is 7.94. The number of aromatic nitrogens is 6. The standard InChI is InChI=1S/C34H20N6/c1-2-9-22(10-3-1)39-29-17-16-27-31(36-19-18-35-27)30(29)25-15-14-24-23-11-5-7-13-28(23)40(32(24)33(25)39)34-37-20-21-8-4-6-12-26(21)38-34/h1-20H. The average Bonchev–Trinajstić information content (AvgIpc) is 3.54. The van der Waals surface area contributed by atoms with E-state index in [0.717, 1.165) is 71.2 Å². The van der Waals surface area contributed by atoms with Crippen LogP contribution in [0.5, 0.6) is 0 Å². The minimum atomic E-state index is 0.645. The summed E-state index contributed by atoms with van der Waals surface area (Å²) in [6.45, 7) is 0. The Labute approximate surface area is 227 Å². The van der Waals surface area contributed by atoms with Crippen LogP contribution in [0.15, 0.2) is 122 Å². The van der Waals surface area contributed by atoms with Crippen molar-refractivity contribution in [2.45, 2.75) is 0 Å². The van der Waals surface area contributed by atoms with Crippen LogP contribution in [0.2, 0.25) is 0 Å². The fourth-order valence-electron chi connectivity index (χ4n) is 6.19. The third-order valence-electron chi connectivity index (χ3n) is 7.85. The highest BCUT2D eigenvalue weighted by Gasteiger charge is 2.23. The molecule has 6 nitrogen and oxygen atoms in total. The smallest absolute Gasteiger partial charge is 0.235 e. The van der Waals surface area contributed by atoms with Crippen molar-refractivity contribution in [3.63, 3.8) is 0 Å². The zero-order chi connectivity index (χ0) is 26.2. The molecule has 6 heteroatoms. The Bertz CT molecular complexity index is 2440. The van der Waals surface area contributed by atoms with Gasteiger partial charge < -0.3 is 4.57 Å². The maximum absolute atomic E-state index is 5.05. The van der Waals surface area contributed by atoms with Crippen LogP contribution in [-0.4, -0.2) is 29.1 Å². The summed E-state index contributed by atoms with van der Waals surface area (Å²) >= 11 is 0. The van der Waals surface area contributed by atoms with Gasteiger partial charge in [0.15, 0.2) is 0 Å². The zero-order valence-electron chi connectivity index (χ0n) is 21.2. The molecule has 0 atom stereocenters. The quantitative estimate of drug-likeness (QED) is 0.237. The normalized spacial score (nSPS) is 12.0. The summed E-state index contributed by atoms with van der Waals surface area (Å²) in [4.78, 5) is 19.3. The summed E-state index contributed by atoms with van der Waals surface area (Å²) in [6, 6.07) is 35.8. The lowest BCUT2D eigenvalue weighted by Gasteiger charge is -2.11. The van der Waals surface area contributed by atoms with Crippen LogP contribution in [0.3, 0.4) is 0 Å². The first-order chi connectivity index (χ1) is 19.9. The number of fused-ring (bicyclic) bond motifs is 10. The lowest BCUT2D eigenvalue weighted by atomic mass is 10.1. The third-order valence-corrected chi connectivity index (χ3v) is 7.85. The lowest BCUT2D eigenvalue weighted by molar-refractivity contribution is 1.01. The van der Waals surface area contributed by atoms with Gasteiger partial charge in [0.25, 0.3) is 0 Å². The first-order valence-electron chi connectivity index (χ1n) is 13.2. The Kier molecular flexibility index (Phi) is 4.24. The van der Waals surface area contributed by atoms with Crippen molar-refractivity contribution >= 4 is 65.5 Å². The second-order valence-electron chi connectivity index (χ2n) is 9.99. The van der Waals surface area contributed by atoms with Crippen LogP contribution in [0, 0.1) is 0 Å². The second-order valence-corrected chi connectivity index (χ2v) is 9.99. The zero-order valence-corrected chi connectivity index (χ0v) is 21.2. The largest absolute Gasteiger partial charge is 0.307 e. The molecule has 0 saturated carbocycles. The van der Waals surface area contributed by atoms with E-state index in [1.807, 2.05) is 36.5 Å². The number of rotatable bonds is 2. The van der Waals surface area contributed by atoms with Crippen molar-refractivity contribution < 1.29 is 0 Å². The maximum Gasteiger partial charge on any atom is 0.235 e. The van der Waals surface area contributed by atoms with Gasteiger partial charge in [-0.2, -0.15) is 0 Å². The highest BCUT2D eigenvalue weighted by atomic mass is 15.2. The Morgan fingerprint density at radius 3 is 2.23 bits per heavy atom. The van der Waals surface area contributed by atoms with Gasteiger partial charge in [-0.05, 0) is 36.4 Å². The SMILES string of the molecule is c1ccc(-n2c3ccc4nccnc4c3c3ccc4c5ccccc5n(-c5ncc6ccccc6n5)c4c32)cc1. The van der Waals surface area contributed by atoms with Crippen molar-refractivity contribution in [1.82, 2.24) is 29.1 Å². The Balaban J connectivity index is 1.56. The fraction of sp³-hybridized carbons (Fsp3) is 0. The summed E-state index contributed by atoms with van der Waals surface area (Å²) in [6.07, 6.45) is 5.43. The van der Waals surface area contributed by atoms with Crippen molar-refractivity contribution in [1.29, 1.82) is 0 Å². The Morgan fingerprint density at radius 1 is 0.500 bits per heavy atom. The molecule has 0 saturated heterocycles. The van der Waals surface area contributed by atoms with E-state index in [9.17, 15) is 0 Å². The molecule has 4 heterocycles. The molecule has 0 N–H and O–H groups in total. The number of nitrogens with zero attached hydrogens (tertiary/aromatic N) is 6. The molecule has 4 aromatic heterocycles. The van der Waals surface area contributed by atoms with Crippen LogP contribution < -0.4 is 0 Å². The first-order valence-corrected chi connectivity index (χ1v) is 13.2. The van der Waals surface area contributed by atoms with Crippen LogP contribution in [0.25, 0.3) is 77.2 Å². The van der Waals surface area contributed by atoms with Crippen molar-refractivity contribution in [3.05, 3.63) is 122 Å². The van der Waals surface area contributed by atoms with E-state index in [-0.39, 0.29) is 0 Å². The molecule has 0 aliphatic heterocycles. The van der Waals surface area contributed by atoms with Gasteiger partial charge in [0.05, 0.1) is 38.6 Å². The minimum absolute atomic E-state index is 0.645. The molecule has 186 valence electrons. The summed E-state index contributed by atoms with van der Waals surface area (Å²) in [7, 11) is 0. The Morgan fingerprint density at radius 2 is 1.27 bits per heavy atom. The van der Waals surface area contributed by atoms with Crippen molar-refractivity contribution in [3.8, 4) is 11.6 Å². The van der Waals surface area contributed by atoms with Gasteiger partial charge in [0.1, 0.15) is 0 Å². The molecular formula is C34H20N6. The molecule has 9 aromatic rings. The van der Waals surface area contributed by atoms with Crippen molar-refractivity contribution in [2.24, 2.45) is 0 Å². The van der Waals surface area contributed by atoms with Crippen LogP contribution in [0.1, 0.15) is 0 Å². The number of benzene rings is 5. The highest BCUT2D eigenvalue weighted by molar-refractivity contribution is 6.27. The van der Waals surface area contributed by atoms with Gasteiger partial charge in [-0.15, -0.1) is 0 Å². The topological polar surface area (TPSA) is 61.4 Å².